The second-order valence-corrected chi connectivity index (χ2v) is 9.84. The summed E-state index contributed by atoms with van der Waals surface area (Å²) in [5.74, 6) is 0. The Morgan fingerprint density at radius 2 is 1.78 bits per heavy atom. The summed E-state index contributed by atoms with van der Waals surface area (Å²) < 4.78 is 24.3. The number of non-ortho nitro benzene ring substituents is 1. The molecule has 2 aromatic rings. The van der Waals surface area contributed by atoms with E-state index in [1.54, 1.807) is 5.38 Å². The predicted octanol–water partition coefficient (Wildman–Crippen LogP) is 1.85. The van der Waals surface area contributed by atoms with Crippen LogP contribution in [0.15, 0.2) is 47.3 Å². The van der Waals surface area contributed by atoms with Crippen LogP contribution in [0.1, 0.15) is 0 Å². The van der Waals surface area contributed by atoms with Gasteiger partial charge in [-0.15, -0.1) is 17.9 Å². The van der Waals surface area contributed by atoms with Gasteiger partial charge < -0.3 is 24.1 Å². The van der Waals surface area contributed by atoms with E-state index < -0.39 is 25.6 Å². The summed E-state index contributed by atoms with van der Waals surface area (Å²) in [7, 11) is -10.4. The van der Waals surface area contributed by atoms with Crippen molar-refractivity contribution in [1.29, 1.82) is 0 Å². The lowest BCUT2D eigenvalue weighted by Gasteiger charge is -2.15. The molecule has 0 radical (unpaired) electrons. The van der Waals surface area contributed by atoms with Gasteiger partial charge in [0, 0.05) is 24.1 Å². The van der Waals surface area contributed by atoms with Crippen molar-refractivity contribution in [3.8, 4) is 11.3 Å². The van der Waals surface area contributed by atoms with Crippen LogP contribution < -0.4 is 4.80 Å². The highest BCUT2D eigenvalue weighted by Gasteiger charge is 2.43. The number of hydrogen-bond acceptors (Lipinski definition) is 6. The Morgan fingerprint density at radius 3 is 2.22 bits per heavy atom. The monoisotopic (exact) mass is 435 g/mol. The minimum Gasteiger partial charge on any atom is -0.322 e. The average Bonchev–Trinajstić information content (AvgIpc) is 2.93. The summed E-state index contributed by atoms with van der Waals surface area (Å²) in [6.07, 6.45) is 1.46. The number of hydrogen-bond donors (Lipinski definition) is 4. The van der Waals surface area contributed by atoms with Gasteiger partial charge in [0.25, 0.3) is 11.2 Å². The van der Waals surface area contributed by atoms with Crippen molar-refractivity contribution in [3.05, 3.63) is 57.2 Å². The molecule has 0 amide bonds. The van der Waals surface area contributed by atoms with E-state index in [4.69, 9.17) is 0 Å². The number of thiazole rings is 1. The first kappa shape index (κ1) is 21.4. The molecule has 0 saturated heterocycles. The van der Waals surface area contributed by atoms with Crippen molar-refractivity contribution in [1.82, 2.24) is 4.57 Å². The maximum absolute atomic E-state index is 11.4. The molecule has 11 nitrogen and oxygen atoms in total. The van der Waals surface area contributed by atoms with E-state index in [-0.39, 0.29) is 17.0 Å². The summed E-state index contributed by atoms with van der Waals surface area (Å²) in [5, 5.41) is 12.3. The molecular weight excluding hydrogens is 420 g/mol. The van der Waals surface area contributed by atoms with Gasteiger partial charge in [-0.1, -0.05) is 6.08 Å². The lowest BCUT2D eigenvalue weighted by molar-refractivity contribution is -0.384. The summed E-state index contributed by atoms with van der Waals surface area (Å²) in [4.78, 5) is 50.7. The minimum absolute atomic E-state index is 0.0418. The maximum atomic E-state index is 11.4. The molecule has 4 N–H and O–H groups in total. The highest BCUT2D eigenvalue weighted by Crippen LogP contribution is 2.60. The molecule has 0 fully saturated rings. The van der Waals surface area contributed by atoms with Gasteiger partial charge in [0.2, 0.25) is 0 Å². The van der Waals surface area contributed by atoms with Gasteiger partial charge in [0.1, 0.15) is 0 Å². The van der Waals surface area contributed by atoms with Crippen LogP contribution in [0.4, 0.5) is 5.69 Å². The molecule has 0 unspecified atom stereocenters. The molecule has 1 aromatic carbocycles. The molecule has 0 bridgehead atoms. The normalized spacial score (nSPS) is 13.1. The van der Waals surface area contributed by atoms with E-state index in [1.165, 1.54) is 34.9 Å². The third-order valence-corrected chi connectivity index (χ3v) is 7.43. The number of rotatable bonds is 7. The standard InChI is InChI=1S/C13H15N3O8P2S/c1-2-7-15-11(9-3-5-10(6-4-9)16(17)18)8-27-12(15)14-13(25(19,20)21)26(22,23)24/h2-6,8,13H,1,7H2,(H2,19,20,21)(H2,22,23,24)/b14-12-. The molecular formula is C13H15N3O8P2S. The third-order valence-electron chi connectivity index (χ3n) is 3.31. The van der Waals surface area contributed by atoms with Crippen molar-refractivity contribution in [3.63, 3.8) is 0 Å². The number of aromatic nitrogens is 1. The van der Waals surface area contributed by atoms with E-state index in [0.29, 0.717) is 11.3 Å². The van der Waals surface area contributed by atoms with Crippen LogP contribution in [-0.4, -0.2) is 34.6 Å². The molecule has 27 heavy (non-hydrogen) atoms. The molecule has 1 heterocycles. The van der Waals surface area contributed by atoms with Crippen molar-refractivity contribution < 1.29 is 33.6 Å². The molecule has 14 heteroatoms. The van der Waals surface area contributed by atoms with Crippen LogP contribution in [0.25, 0.3) is 11.3 Å². The van der Waals surface area contributed by atoms with E-state index in [9.17, 15) is 38.8 Å². The van der Waals surface area contributed by atoms with Crippen LogP contribution in [-0.2, 0) is 15.7 Å². The summed E-state index contributed by atoms with van der Waals surface area (Å²) >= 11 is 0.910. The maximum Gasteiger partial charge on any atom is 0.362 e. The number of benzene rings is 1. The zero-order valence-corrected chi connectivity index (χ0v) is 16.1. The zero-order valence-electron chi connectivity index (χ0n) is 13.5. The highest BCUT2D eigenvalue weighted by atomic mass is 32.1. The minimum atomic E-state index is -5.22. The van der Waals surface area contributed by atoms with Crippen LogP contribution in [0.3, 0.4) is 0 Å². The Bertz CT molecular complexity index is 995. The smallest absolute Gasteiger partial charge is 0.322 e. The fraction of sp³-hybridized carbons (Fsp3) is 0.154. The lowest BCUT2D eigenvalue weighted by Crippen LogP contribution is -2.19. The lowest BCUT2D eigenvalue weighted by atomic mass is 10.1. The largest absolute Gasteiger partial charge is 0.362 e. The van der Waals surface area contributed by atoms with E-state index >= 15 is 0 Å². The van der Waals surface area contributed by atoms with Crippen molar-refractivity contribution in [2.45, 2.75) is 12.1 Å². The van der Waals surface area contributed by atoms with Crippen LogP contribution >= 0.6 is 26.5 Å². The predicted molar refractivity (Wildman–Crippen MR) is 98.0 cm³/mol. The Hall–Kier alpha value is -1.91. The number of allylic oxidation sites excluding steroid dienone is 1. The summed E-state index contributed by atoms with van der Waals surface area (Å²) in [5.41, 5.74) is -1.60. The van der Waals surface area contributed by atoms with Gasteiger partial charge in [0.15, 0.2) is 4.80 Å². The molecule has 0 aliphatic heterocycles. The number of nitrogens with zero attached hydrogens (tertiary/aromatic N) is 3. The van der Waals surface area contributed by atoms with Crippen molar-refractivity contribution >= 4 is 32.2 Å². The van der Waals surface area contributed by atoms with Crippen LogP contribution in [0.2, 0.25) is 0 Å². The number of nitro benzene ring substituents is 1. The SMILES string of the molecule is C=CCn1c(-c2ccc([N+](=O)[O-])cc2)cs/c1=N\C(P(=O)(O)O)P(=O)(O)O. The van der Waals surface area contributed by atoms with Gasteiger partial charge in [0.05, 0.1) is 10.6 Å². The first-order valence-electron chi connectivity index (χ1n) is 7.13. The molecule has 0 aliphatic carbocycles. The Kier molecular flexibility index (Phi) is 6.33. The molecule has 0 atom stereocenters. The summed E-state index contributed by atoms with van der Waals surface area (Å²) in [6.45, 7) is 3.70. The van der Waals surface area contributed by atoms with Gasteiger partial charge in [-0.3, -0.25) is 19.2 Å². The molecule has 0 spiro atoms. The van der Waals surface area contributed by atoms with Crippen molar-refractivity contribution in [2.24, 2.45) is 4.99 Å². The van der Waals surface area contributed by atoms with Gasteiger partial charge in [-0.2, -0.15) is 0 Å². The number of nitro groups is 1. The topological polar surface area (TPSA) is 175 Å². The second kappa shape index (κ2) is 7.99. The molecule has 2 rings (SSSR count). The first-order chi connectivity index (χ1) is 12.4. The average molecular weight is 435 g/mol. The van der Waals surface area contributed by atoms with Crippen LogP contribution in [0.5, 0.6) is 0 Å². The fourth-order valence-electron chi connectivity index (χ4n) is 2.17. The molecule has 146 valence electrons. The molecule has 0 saturated carbocycles. The quantitative estimate of drug-likeness (QED) is 0.220. The van der Waals surface area contributed by atoms with Gasteiger partial charge in [-0.25, -0.2) is 4.99 Å². The Balaban J connectivity index is 2.63. The molecule has 1 aromatic heterocycles. The zero-order chi connectivity index (χ0) is 20.4. The van der Waals surface area contributed by atoms with Crippen LogP contribution in [0, 0.1) is 10.1 Å². The van der Waals surface area contributed by atoms with Gasteiger partial charge >= 0.3 is 15.2 Å². The van der Waals surface area contributed by atoms with E-state index in [1.807, 2.05) is 0 Å². The Morgan fingerprint density at radius 1 is 1.22 bits per heavy atom. The third kappa shape index (κ3) is 5.08. The van der Waals surface area contributed by atoms with E-state index in [2.05, 4.69) is 11.6 Å². The highest BCUT2D eigenvalue weighted by molar-refractivity contribution is 7.70. The van der Waals surface area contributed by atoms with Crippen molar-refractivity contribution in [2.75, 3.05) is 0 Å². The Labute approximate surface area is 156 Å². The van der Waals surface area contributed by atoms with Gasteiger partial charge in [-0.05, 0) is 17.7 Å². The second-order valence-electron chi connectivity index (χ2n) is 5.26. The summed E-state index contributed by atoms with van der Waals surface area (Å²) in [6, 6.07) is 5.53. The first-order valence-corrected chi connectivity index (χ1v) is 11.4. The fourth-order valence-corrected chi connectivity index (χ4v) is 5.36. The molecule has 0 aliphatic rings. The van der Waals surface area contributed by atoms with E-state index in [0.717, 1.165) is 11.3 Å².